The third-order valence-corrected chi connectivity index (χ3v) is 5.14. The molecule has 1 aliphatic rings. The molecule has 4 rings (SSSR count). The molecule has 5 unspecified atom stereocenters. The van der Waals surface area contributed by atoms with Crippen LogP contribution in [0.15, 0.2) is 43.0 Å². The molecule has 0 spiro atoms. The van der Waals surface area contributed by atoms with Gasteiger partial charge in [0.2, 0.25) is 0 Å². The molecular formula is C21H25N5O6. The van der Waals surface area contributed by atoms with Crippen LogP contribution in [-0.4, -0.2) is 73.5 Å². The highest BCUT2D eigenvalue weighted by Crippen LogP contribution is 2.35. The quantitative estimate of drug-likeness (QED) is 0.436. The van der Waals surface area contributed by atoms with E-state index in [0.29, 0.717) is 23.3 Å². The molecule has 0 saturated carbocycles. The first kappa shape index (κ1) is 22.2. The van der Waals surface area contributed by atoms with Gasteiger partial charge in [-0.05, 0) is 26.0 Å². The summed E-state index contributed by atoms with van der Waals surface area (Å²) in [4.78, 5) is 25.3. The van der Waals surface area contributed by atoms with E-state index < -0.39 is 30.8 Å². The Balaban J connectivity index is 1.64. The number of hydrogen-bond acceptors (Lipinski definition) is 9. The number of anilines is 1. The van der Waals surface area contributed by atoms with E-state index in [1.165, 1.54) is 12.7 Å². The smallest absolute Gasteiger partial charge is 0.256 e. The molecule has 1 saturated heterocycles. The molecule has 2 aromatic heterocycles. The maximum atomic E-state index is 12.6. The van der Waals surface area contributed by atoms with Gasteiger partial charge >= 0.3 is 0 Å². The molecule has 0 bridgehead atoms. The standard InChI is InChI=1S/C21H25N5O6/c1-3-30-12(2)31-17-16(28)14(9-27)32-21(17)26-11-24-15-18(22-10-23-19(15)26)25-20(29)13-7-5-4-6-8-13/h4-8,10-12,14,16-17,21,27-28H,3,9H2,1-2H3,(H,22,23,25,29). The number of fused-ring (bicyclic) bond motifs is 1. The maximum absolute atomic E-state index is 12.6. The number of carbonyl (C=O) groups is 1. The van der Waals surface area contributed by atoms with Crippen molar-refractivity contribution in [2.75, 3.05) is 18.5 Å². The van der Waals surface area contributed by atoms with E-state index in [2.05, 4.69) is 20.3 Å². The normalized spacial score (nSPS) is 24.0. The summed E-state index contributed by atoms with van der Waals surface area (Å²) in [6.45, 7) is 3.59. The summed E-state index contributed by atoms with van der Waals surface area (Å²) in [6.07, 6.45) is -1.45. The predicted molar refractivity (Wildman–Crippen MR) is 113 cm³/mol. The van der Waals surface area contributed by atoms with Crippen LogP contribution in [0.4, 0.5) is 5.82 Å². The summed E-state index contributed by atoms with van der Waals surface area (Å²) in [5.41, 5.74) is 1.20. The number of aliphatic hydroxyl groups excluding tert-OH is 2. The van der Waals surface area contributed by atoms with Gasteiger partial charge in [0.1, 0.15) is 24.6 Å². The van der Waals surface area contributed by atoms with Gasteiger partial charge < -0.3 is 29.7 Å². The van der Waals surface area contributed by atoms with Crippen LogP contribution in [0.25, 0.3) is 11.2 Å². The average molecular weight is 443 g/mol. The van der Waals surface area contributed by atoms with Crippen LogP contribution >= 0.6 is 0 Å². The molecule has 3 heterocycles. The highest BCUT2D eigenvalue weighted by atomic mass is 16.7. The van der Waals surface area contributed by atoms with Crippen LogP contribution in [0.1, 0.15) is 30.4 Å². The number of amides is 1. The zero-order chi connectivity index (χ0) is 22.7. The number of benzene rings is 1. The van der Waals surface area contributed by atoms with E-state index in [1.54, 1.807) is 35.8 Å². The lowest BCUT2D eigenvalue weighted by Crippen LogP contribution is -2.38. The largest absolute Gasteiger partial charge is 0.394 e. The Kier molecular flexibility index (Phi) is 6.72. The Morgan fingerprint density at radius 2 is 2.06 bits per heavy atom. The molecule has 1 fully saturated rings. The second kappa shape index (κ2) is 9.67. The number of nitrogens with one attached hydrogen (secondary N) is 1. The topological polar surface area (TPSA) is 141 Å². The van der Waals surface area contributed by atoms with Crippen LogP contribution in [0.3, 0.4) is 0 Å². The van der Waals surface area contributed by atoms with Gasteiger partial charge in [0.15, 0.2) is 29.5 Å². The molecule has 11 heteroatoms. The lowest BCUT2D eigenvalue weighted by atomic mass is 10.1. The zero-order valence-corrected chi connectivity index (χ0v) is 17.7. The summed E-state index contributed by atoms with van der Waals surface area (Å²) in [7, 11) is 0. The number of hydrogen-bond donors (Lipinski definition) is 3. The number of aliphatic hydroxyl groups is 2. The second-order valence-electron chi connectivity index (χ2n) is 7.23. The number of rotatable bonds is 8. The van der Waals surface area contributed by atoms with Crippen LogP contribution in [0, 0.1) is 0 Å². The summed E-state index contributed by atoms with van der Waals surface area (Å²) >= 11 is 0. The average Bonchev–Trinajstić information content (AvgIpc) is 3.36. The second-order valence-corrected chi connectivity index (χ2v) is 7.23. The molecule has 11 nitrogen and oxygen atoms in total. The summed E-state index contributed by atoms with van der Waals surface area (Å²) in [5.74, 6) is -0.0974. The van der Waals surface area contributed by atoms with Crippen molar-refractivity contribution in [1.29, 1.82) is 0 Å². The first-order chi connectivity index (χ1) is 15.5. The van der Waals surface area contributed by atoms with Crippen molar-refractivity contribution in [2.45, 2.75) is 44.7 Å². The van der Waals surface area contributed by atoms with Gasteiger partial charge in [-0.15, -0.1) is 0 Å². The van der Waals surface area contributed by atoms with E-state index >= 15 is 0 Å². The SMILES string of the molecule is CCOC(C)OC1C(O)C(CO)OC1n1cnc2c(NC(=O)c3ccccc3)ncnc21. The highest BCUT2D eigenvalue weighted by Gasteiger charge is 2.46. The number of aromatic nitrogens is 4. The first-order valence-corrected chi connectivity index (χ1v) is 10.3. The van der Waals surface area contributed by atoms with E-state index in [9.17, 15) is 15.0 Å². The van der Waals surface area contributed by atoms with E-state index in [0.717, 1.165) is 0 Å². The van der Waals surface area contributed by atoms with Crippen molar-refractivity contribution in [2.24, 2.45) is 0 Å². The minimum Gasteiger partial charge on any atom is -0.394 e. The molecule has 0 aliphatic carbocycles. The number of carbonyl (C=O) groups excluding carboxylic acids is 1. The lowest BCUT2D eigenvalue weighted by Gasteiger charge is -2.25. The Labute approximate surface area is 184 Å². The fourth-order valence-corrected chi connectivity index (χ4v) is 3.63. The van der Waals surface area contributed by atoms with E-state index in [1.807, 2.05) is 13.0 Å². The highest BCUT2D eigenvalue weighted by molar-refractivity contribution is 6.06. The molecule has 1 amide bonds. The number of imidazole rings is 1. The van der Waals surface area contributed by atoms with Crippen LogP contribution in [-0.2, 0) is 14.2 Å². The molecule has 3 N–H and O–H groups in total. The Hall–Kier alpha value is -2.96. The van der Waals surface area contributed by atoms with Gasteiger partial charge in [-0.3, -0.25) is 9.36 Å². The summed E-state index contributed by atoms with van der Waals surface area (Å²) in [5, 5.41) is 23.0. The number of ether oxygens (including phenoxy) is 3. The van der Waals surface area contributed by atoms with Crippen LogP contribution < -0.4 is 5.32 Å². The van der Waals surface area contributed by atoms with Crippen molar-refractivity contribution in [1.82, 2.24) is 19.5 Å². The Morgan fingerprint density at radius 3 is 2.78 bits per heavy atom. The number of nitrogens with zero attached hydrogens (tertiary/aromatic N) is 4. The van der Waals surface area contributed by atoms with Crippen LogP contribution in [0.2, 0.25) is 0 Å². The first-order valence-electron chi connectivity index (χ1n) is 10.3. The molecule has 1 aromatic carbocycles. The van der Waals surface area contributed by atoms with Gasteiger partial charge in [0.05, 0.1) is 12.9 Å². The van der Waals surface area contributed by atoms with Crippen molar-refractivity contribution in [3.8, 4) is 0 Å². The van der Waals surface area contributed by atoms with Crippen molar-refractivity contribution < 1.29 is 29.2 Å². The molecule has 5 atom stereocenters. The van der Waals surface area contributed by atoms with E-state index in [-0.39, 0.29) is 18.3 Å². The summed E-state index contributed by atoms with van der Waals surface area (Å²) < 4.78 is 18.7. The van der Waals surface area contributed by atoms with Crippen molar-refractivity contribution in [3.63, 3.8) is 0 Å². The predicted octanol–water partition coefficient (Wildman–Crippen LogP) is 1.10. The fraction of sp³-hybridized carbons (Fsp3) is 0.429. The van der Waals surface area contributed by atoms with Gasteiger partial charge in [-0.2, -0.15) is 0 Å². The Bertz CT molecular complexity index is 1060. The van der Waals surface area contributed by atoms with Gasteiger partial charge in [-0.1, -0.05) is 18.2 Å². The molecule has 32 heavy (non-hydrogen) atoms. The fourth-order valence-electron chi connectivity index (χ4n) is 3.63. The Morgan fingerprint density at radius 1 is 1.28 bits per heavy atom. The van der Waals surface area contributed by atoms with E-state index in [4.69, 9.17) is 14.2 Å². The molecule has 170 valence electrons. The zero-order valence-electron chi connectivity index (χ0n) is 17.7. The molecular weight excluding hydrogens is 418 g/mol. The monoisotopic (exact) mass is 443 g/mol. The molecule has 1 aliphatic heterocycles. The lowest BCUT2D eigenvalue weighted by molar-refractivity contribution is -0.191. The maximum Gasteiger partial charge on any atom is 0.256 e. The minimum atomic E-state index is -1.09. The van der Waals surface area contributed by atoms with Crippen molar-refractivity contribution in [3.05, 3.63) is 48.5 Å². The molecule has 0 radical (unpaired) electrons. The van der Waals surface area contributed by atoms with Gasteiger partial charge in [-0.25, -0.2) is 15.0 Å². The molecule has 3 aromatic rings. The van der Waals surface area contributed by atoms with Crippen molar-refractivity contribution >= 4 is 22.9 Å². The third-order valence-electron chi connectivity index (χ3n) is 5.14. The minimum absolute atomic E-state index is 0.236. The van der Waals surface area contributed by atoms with Gasteiger partial charge in [0, 0.05) is 12.2 Å². The third kappa shape index (κ3) is 4.33. The summed E-state index contributed by atoms with van der Waals surface area (Å²) in [6, 6.07) is 8.74. The van der Waals surface area contributed by atoms with Crippen LogP contribution in [0.5, 0.6) is 0 Å². The van der Waals surface area contributed by atoms with Gasteiger partial charge in [0.25, 0.3) is 5.91 Å².